The Morgan fingerprint density at radius 3 is 2.33 bits per heavy atom. The molecule has 1 aliphatic heterocycles. The van der Waals surface area contributed by atoms with Gasteiger partial charge in [-0.2, -0.15) is 0 Å². The first-order valence-electron chi connectivity index (χ1n) is 7.66. The van der Waals surface area contributed by atoms with Gasteiger partial charge in [-0.1, -0.05) is 18.2 Å². The van der Waals surface area contributed by atoms with Crippen LogP contribution in [-0.2, 0) is 20.2 Å². The number of rotatable bonds is 3. The van der Waals surface area contributed by atoms with Crippen LogP contribution in [0.25, 0.3) is 0 Å². The topological polar surface area (TPSA) is 66.5 Å². The first kappa shape index (κ1) is 16.5. The lowest BCUT2D eigenvalue weighted by atomic mass is 9.85. The van der Waals surface area contributed by atoms with E-state index in [4.69, 9.17) is 0 Å². The van der Waals surface area contributed by atoms with Crippen molar-refractivity contribution in [2.75, 3.05) is 16.7 Å². The van der Waals surface area contributed by atoms with Gasteiger partial charge in [0.2, 0.25) is 5.91 Å². The SMILES string of the molecule is Cc1cc(NS(=O)(=O)c2ccccc2)cc2c1N(C)C(=O)C2(C)C. The van der Waals surface area contributed by atoms with E-state index in [9.17, 15) is 13.2 Å². The van der Waals surface area contributed by atoms with Crippen molar-refractivity contribution in [1.29, 1.82) is 0 Å². The Labute approximate surface area is 142 Å². The van der Waals surface area contributed by atoms with Gasteiger partial charge < -0.3 is 4.90 Å². The average Bonchev–Trinajstić information content (AvgIpc) is 2.69. The van der Waals surface area contributed by atoms with Crippen LogP contribution in [0.1, 0.15) is 25.0 Å². The summed E-state index contributed by atoms with van der Waals surface area (Å²) in [7, 11) is -1.91. The second kappa shape index (κ2) is 5.34. The Morgan fingerprint density at radius 1 is 1.08 bits per heavy atom. The standard InChI is InChI=1S/C18H20N2O3S/c1-12-10-13(19-24(22,23)14-8-6-5-7-9-14)11-15-16(12)20(4)17(21)18(15,2)3/h5-11,19H,1-4H3. The maximum Gasteiger partial charge on any atom is 0.261 e. The van der Waals surface area contributed by atoms with E-state index in [1.54, 1.807) is 54.4 Å². The molecule has 1 aliphatic rings. The maximum atomic E-state index is 12.5. The van der Waals surface area contributed by atoms with E-state index in [1.165, 1.54) is 0 Å². The van der Waals surface area contributed by atoms with Crippen molar-refractivity contribution < 1.29 is 13.2 Å². The molecule has 5 nitrogen and oxygen atoms in total. The van der Waals surface area contributed by atoms with Gasteiger partial charge in [0.1, 0.15) is 0 Å². The minimum atomic E-state index is -3.66. The van der Waals surface area contributed by atoms with Gasteiger partial charge in [0.15, 0.2) is 0 Å². The Kier molecular flexibility index (Phi) is 3.68. The second-order valence-electron chi connectivity index (χ2n) is 6.60. The molecule has 1 heterocycles. The van der Waals surface area contributed by atoms with E-state index >= 15 is 0 Å². The van der Waals surface area contributed by atoms with Crippen LogP contribution in [0.2, 0.25) is 0 Å². The highest BCUT2D eigenvalue weighted by Crippen LogP contribution is 2.44. The smallest absolute Gasteiger partial charge is 0.261 e. The number of likely N-dealkylation sites (N-methyl/N-ethyl adjacent to an activating group) is 1. The summed E-state index contributed by atoms with van der Waals surface area (Å²) in [5.74, 6) is 0.00339. The van der Waals surface area contributed by atoms with E-state index in [-0.39, 0.29) is 10.8 Å². The molecule has 0 unspecified atom stereocenters. The monoisotopic (exact) mass is 344 g/mol. The molecule has 2 aromatic rings. The van der Waals surface area contributed by atoms with Crippen LogP contribution in [-0.4, -0.2) is 21.4 Å². The predicted octanol–water partition coefficient (Wildman–Crippen LogP) is 3.05. The van der Waals surface area contributed by atoms with Crippen LogP contribution in [0, 0.1) is 6.92 Å². The van der Waals surface area contributed by atoms with Gasteiger partial charge in [0.05, 0.1) is 16.0 Å². The highest BCUT2D eigenvalue weighted by Gasteiger charge is 2.43. The number of aryl methyl sites for hydroxylation is 1. The second-order valence-corrected chi connectivity index (χ2v) is 8.28. The fraction of sp³-hybridized carbons (Fsp3) is 0.278. The number of hydrogen-bond acceptors (Lipinski definition) is 3. The summed E-state index contributed by atoms with van der Waals surface area (Å²) in [6.45, 7) is 5.59. The molecule has 1 N–H and O–H groups in total. The van der Waals surface area contributed by atoms with E-state index < -0.39 is 15.4 Å². The number of carbonyl (C=O) groups excluding carboxylic acids is 1. The van der Waals surface area contributed by atoms with Crippen molar-refractivity contribution >= 4 is 27.3 Å². The summed E-state index contributed by atoms with van der Waals surface area (Å²) in [6.07, 6.45) is 0. The molecule has 126 valence electrons. The number of anilines is 2. The third-order valence-corrected chi connectivity index (χ3v) is 5.85. The van der Waals surface area contributed by atoms with Crippen molar-refractivity contribution in [3.8, 4) is 0 Å². The lowest BCUT2D eigenvalue weighted by Crippen LogP contribution is -2.33. The van der Waals surface area contributed by atoms with Crippen molar-refractivity contribution in [2.24, 2.45) is 0 Å². The van der Waals surface area contributed by atoms with Gasteiger partial charge in [-0.25, -0.2) is 8.42 Å². The third-order valence-electron chi connectivity index (χ3n) is 4.45. The molecule has 0 spiro atoms. The van der Waals surface area contributed by atoms with Crippen molar-refractivity contribution in [1.82, 2.24) is 0 Å². The van der Waals surface area contributed by atoms with Crippen LogP contribution in [0.15, 0.2) is 47.4 Å². The number of nitrogens with zero attached hydrogens (tertiary/aromatic N) is 1. The minimum Gasteiger partial charge on any atom is -0.314 e. The summed E-state index contributed by atoms with van der Waals surface area (Å²) in [5, 5.41) is 0. The van der Waals surface area contributed by atoms with Crippen molar-refractivity contribution in [2.45, 2.75) is 31.1 Å². The van der Waals surface area contributed by atoms with Gasteiger partial charge >= 0.3 is 0 Å². The molecule has 0 fully saturated rings. The molecule has 0 aromatic heterocycles. The normalized spacial score (nSPS) is 16.2. The average molecular weight is 344 g/mol. The lowest BCUT2D eigenvalue weighted by Gasteiger charge is -2.17. The van der Waals surface area contributed by atoms with Crippen LogP contribution in [0.5, 0.6) is 0 Å². The third kappa shape index (κ3) is 2.47. The van der Waals surface area contributed by atoms with Gasteiger partial charge in [-0.3, -0.25) is 9.52 Å². The van der Waals surface area contributed by atoms with Crippen LogP contribution in [0.3, 0.4) is 0 Å². The summed E-state index contributed by atoms with van der Waals surface area (Å²) < 4.78 is 27.6. The molecule has 0 aliphatic carbocycles. The number of carbonyl (C=O) groups is 1. The molecule has 0 bridgehead atoms. The summed E-state index contributed by atoms with van der Waals surface area (Å²) >= 11 is 0. The molecule has 1 amide bonds. The fourth-order valence-corrected chi connectivity index (χ4v) is 4.27. The molecule has 6 heteroatoms. The molecule has 0 saturated carbocycles. The maximum absolute atomic E-state index is 12.5. The first-order valence-corrected chi connectivity index (χ1v) is 9.14. The predicted molar refractivity (Wildman–Crippen MR) is 94.9 cm³/mol. The van der Waals surface area contributed by atoms with Gasteiger partial charge in [0.25, 0.3) is 10.0 Å². The quantitative estimate of drug-likeness (QED) is 0.930. The molecule has 24 heavy (non-hydrogen) atoms. The molecular formula is C18H20N2O3S. The highest BCUT2D eigenvalue weighted by molar-refractivity contribution is 7.92. The Bertz CT molecular complexity index is 919. The Balaban J connectivity index is 2.06. The molecule has 0 saturated heterocycles. The largest absolute Gasteiger partial charge is 0.314 e. The first-order chi connectivity index (χ1) is 11.1. The number of nitrogens with one attached hydrogen (secondary N) is 1. The van der Waals surface area contributed by atoms with Crippen LogP contribution < -0.4 is 9.62 Å². The summed E-state index contributed by atoms with van der Waals surface area (Å²) in [4.78, 5) is 14.3. The van der Waals surface area contributed by atoms with E-state index in [0.717, 1.165) is 16.8 Å². The number of fused-ring (bicyclic) bond motifs is 1. The summed E-state index contributed by atoms with van der Waals surface area (Å²) in [6, 6.07) is 11.7. The fourth-order valence-electron chi connectivity index (χ4n) is 3.21. The number of sulfonamides is 1. The van der Waals surface area contributed by atoms with E-state index in [1.807, 2.05) is 20.8 Å². The van der Waals surface area contributed by atoms with Gasteiger partial charge in [-0.15, -0.1) is 0 Å². The van der Waals surface area contributed by atoms with Gasteiger partial charge in [-0.05, 0) is 56.2 Å². The van der Waals surface area contributed by atoms with Crippen LogP contribution in [0.4, 0.5) is 11.4 Å². The molecule has 2 aromatic carbocycles. The number of hydrogen-bond donors (Lipinski definition) is 1. The minimum absolute atomic E-state index is 0.00339. The zero-order valence-electron chi connectivity index (χ0n) is 14.1. The van der Waals surface area contributed by atoms with Crippen LogP contribution >= 0.6 is 0 Å². The van der Waals surface area contributed by atoms with E-state index in [0.29, 0.717) is 5.69 Å². The molecule has 0 atom stereocenters. The van der Waals surface area contributed by atoms with Crippen molar-refractivity contribution in [3.05, 3.63) is 53.6 Å². The van der Waals surface area contributed by atoms with E-state index in [2.05, 4.69) is 4.72 Å². The Morgan fingerprint density at radius 2 is 1.71 bits per heavy atom. The summed E-state index contributed by atoms with van der Waals surface area (Å²) in [5.41, 5.74) is 2.34. The lowest BCUT2D eigenvalue weighted by molar-refractivity contribution is -0.121. The molecule has 0 radical (unpaired) electrons. The molecule has 3 rings (SSSR count). The number of amides is 1. The zero-order valence-corrected chi connectivity index (χ0v) is 14.9. The zero-order chi connectivity index (χ0) is 17.7. The Hall–Kier alpha value is -2.34. The van der Waals surface area contributed by atoms with Gasteiger partial charge in [0, 0.05) is 12.7 Å². The molecular weight excluding hydrogens is 324 g/mol. The highest BCUT2D eigenvalue weighted by atomic mass is 32.2. The van der Waals surface area contributed by atoms with Crippen molar-refractivity contribution in [3.63, 3.8) is 0 Å². The number of benzene rings is 2.